The highest BCUT2D eigenvalue weighted by molar-refractivity contribution is 9.10. The highest BCUT2D eigenvalue weighted by Gasteiger charge is 2.13. The van der Waals surface area contributed by atoms with Crippen molar-refractivity contribution in [3.8, 4) is 11.4 Å². The quantitative estimate of drug-likeness (QED) is 0.913. The summed E-state index contributed by atoms with van der Waals surface area (Å²) in [5.41, 5.74) is 1.77. The fourth-order valence-electron chi connectivity index (χ4n) is 1.87. The van der Waals surface area contributed by atoms with Crippen molar-refractivity contribution in [2.75, 3.05) is 0 Å². The Kier molecular flexibility index (Phi) is 3.85. The van der Waals surface area contributed by atoms with Crippen LogP contribution in [0.4, 0.5) is 4.39 Å². The van der Waals surface area contributed by atoms with E-state index >= 15 is 0 Å². The summed E-state index contributed by atoms with van der Waals surface area (Å²) in [4.78, 5) is 18.9. The van der Waals surface area contributed by atoms with E-state index in [1.165, 1.54) is 12.1 Å². The third-order valence-corrected chi connectivity index (χ3v) is 3.52. The number of nitrogens with one attached hydrogen (secondary N) is 1. The van der Waals surface area contributed by atoms with Gasteiger partial charge in [0, 0.05) is 5.56 Å². The van der Waals surface area contributed by atoms with Crippen molar-refractivity contribution in [3.63, 3.8) is 0 Å². The fourth-order valence-corrected chi connectivity index (χ4v) is 2.51. The number of rotatable bonds is 2. The first-order chi connectivity index (χ1) is 8.88. The summed E-state index contributed by atoms with van der Waals surface area (Å²) in [5.74, 6) is 0.149. The molecule has 0 bridgehead atoms. The fraction of sp³-hybridized carbons (Fsp3) is 0.286. The van der Waals surface area contributed by atoms with Crippen LogP contribution in [0.15, 0.2) is 27.5 Å². The minimum Gasteiger partial charge on any atom is -0.306 e. The van der Waals surface area contributed by atoms with Crippen molar-refractivity contribution in [3.05, 3.63) is 50.1 Å². The number of aryl methyl sites for hydroxylation is 1. The van der Waals surface area contributed by atoms with E-state index in [2.05, 4.69) is 25.9 Å². The standard InChI is InChI=1S/C14H14BrFN2O/c1-7(2)12-11(15)14(19)18-13(17-12)9-4-8(3)5-10(16)6-9/h4-7H,1-3H3,(H,17,18,19). The van der Waals surface area contributed by atoms with E-state index in [-0.39, 0.29) is 17.3 Å². The minimum atomic E-state index is -0.341. The number of hydrogen-bond acceptors (Lipinski definition) is 2. The first-order valence-electron chi connectivity index (χ1n) is 5.95. The van der Waals surface area contributed by atoms with Crippen LogP contribution >= 0.6 is 15.9 Å². The van der Waals surface area contributed by atoms with Crippen molar-refractivity contribution in [2.45, 2.75) is 26.7 Å². The molecular formula is C14H14BrFN2O. The molecule has 1 aromatic heterocycles. The highest BCUT2D eigenvalue weighted by Crippen LogP contribution is 2.23. The molecule has 2 aromatic rings. The van der Waals surface area contributed by atoms with E-state index in [0.717, 1.165) is 5.56 Å². The van der Waals surface area contributed by atoms with Gasteiger partial charge in [0.1, 0.15) is 16.1 Å². The summed E-state index contributed by atoms with van der Waals surface area (Å²) in [6.45, 7) is 5.70. The number of H-pyrrole nitrogens is 1. The van der Waals surface area contributed by atoms with Gasteiger partial charge in [-0.15, -0.1) is 0 Å². The number of halogens is 2. The molecule has 0 spiro atoms. The molecule has 0 amide bonds. The monoisotopic (exact) mass is 324 g/mol. The lowest BCUT2D eigenvalue weighted by molar-refractivity contribution is 0.627. The molecule has 0 radical (unpaired) electrons. The molecule has 0 saturated heterocycles. The summed E-state index contributed by atoms with van der Waals surface area (Å²) in [6, 6.07) is 4.59. The van der Waals surface area contributed by atoms with Crippen molar-refractivity contribution in [2.24, 2.45) is 0 Å². The maximum absolute atomic E-state index is 13.4. The van der Waals surface area contributed by atoms with Crippen molar-refractivity contribution >= 4 is 15.9 Å². The topological polar surface area (TPSA) is 45.8 Å². The minimum absolute atomic E-state index is 0.102. The zero-order chi connectivity index (χ0) is 14.2. The van der Waals surface area contributed by atoms with E-state index in [0.29, 0.717) is 21.6 Å². The predicted molar refractivity (Wildman–Crippen MR) is 76.8 cm³/mol. The maximum atomic E-state index is 13.4. The van der Waals surface area contributed by atoms with E-state index in [9.17, 15) is 9.18 Å². The van der Waals surface area contributed by atoms with Crippen LogP contribution in [-0.4, -0.2) is 9.97 Å². The lowest BCUT2D eigenvalue weighted by Crippen LogP contribution is -2.14. The second-order valence-electron chi connectivity index (χ2n) is 4.79. The van der Waals surface area contributed by atoms with Gasteiger partial charge in [0.15, 0.2) is 0 Å². The van der Waals surface area contributed by atoms with E-state index < -0.39 is 0 Å². The number of benzene rings is 1. The Labute approximate surface area is 119 Å². The zero-order valence-electron chi connectivity index (χ0n) is 10.9. The van der Waals surface area contributed by atoms with Gasteiger partial charge in [-0.3, -0.25) is 4.79 Å². The summed E-state index contributed by atoms with van der Waals surface area (Å²) in [6.07, 6.45) is 0. The molecule has 19 heavy (non-hydrogen) atoms. The van der Waals surface area contributed by atoms with Gasteiger partial charge in [-0.1, -0.05) is 13.8 Å². The van der Waals surface area contributed by atoms with Crippen molar-refractivity contribution in [1.82, 2.24) is 9.97 Å². The largest absolute Gasteiger partial charge is 0.306 e. The zero-order valence-corrected chi connectivity index (χ0v) is 12.5. The molecular weight excluding hydrogens is 311 g/mol. The van der Waals surface area contributed by atoms with Gasteiger partial charge in [-0.05, 0) is 52.5 Å². The van der Waals surface area contributed by atoms with Crippen molar-refractivity contribution < 1.29 is 4.39 Å². The SMILES string of the molecule is Cc1cc(F)cc(-c2nc(C(C)C)c(Br)c(=O)[nH]2)c1. The van der Waals surface area contributed by atoms with E-state index in [4.69, 9.17) is 0 Å². The lowest BCUT2D eigenvalue weighted by atomic mass is 10.1. The number of aromatic nitrogens is 2. The van der Waals surface area contributed by atoms with Crippen LogP contribution in [0.2, 0.25) is 0 Å². The average molecular weight is 325 g/mol. The summed E-state index contributed by atoms with van der Waals surface area (Å²) in [5, 5.41) is 0. The smallest absolute Gasteiger partial charge is 0.265 e. The molecule has 0 unspecified atom stereocenters. The van der Waals surface area contributed by atoms with Crippen LogP contribution in [0.5, 0.6) is 0 Å². The Morgan fingerprint density at radius 3 is 2.58 bits per heavy atom. The van der Waals surface area contributed by atoms with Crippen LogP contribution in [0.3, 0.4) is 0 Å². The van der Waals surface area contributed by atoms with Gasteiger partial charge in [-0.25, -0.2) is 9.37 Å². The van der Waals surface area contributed by atoms with Crippen LogP contribution in [0, 0.1) is 12.7 Å². The van der Waals surface area contributed by atoms with Gasteiger partial charge < -0.3 is 4.98 Å². The van der Waals surface area contributed by atoms with Crippen LogP contribution in [0.25, 0.3) is 11.4 Å². The summed E-state index contributed by atoms with van der Waals surface area (Å²) < 4.78 is 13.9. The maximum Gasteiger partial charge on any atom is 0.265 e. The van der Waals surface area contributed by atoms with Gasteiger partial charge in [0.2, 0.25) is 0 Å². The van der Waals surface area contributed by atoms with Crippen LogP contribution in [-0.2, 0) is 0 Å². The third kappa shape index (κ3) is 2.92. The second-order valence-corrected chi connectivity index (χ2v) is 5.58. The lowest BCUT2D eigenvalue weighted by Gasteiger charge is -2.10. The summed E-state index contributed by atoms with van der Waals surface area (Å²) >= 11 is 3.24. The molecule has 1 N–H and O–H groups in total. The van der Waals surface area contributed by atoms with Gasteiger partial charge in [-0.2, -0.15) is 0 Å². The van der Waals surface area contributed by atoms with Crippen LogP contribution < -0.4 is 5.56 Å². The Balaban J connectivity index is 2.66. The van der Waals surface area contributed by atoms with Crippen LogP contribution in [0.1, 0.15) is 31.0 Å². The van der Waals surface area contributed by atoms with Gasteiger partial charge in [0.25, 0.3) is 5.56 Å². The normalized spacial score (nSPS) is 11.1. The Hall–Kier alpha value is -1.49. The number of nitrogens with zero attached hydrogens (tertiary/aromatic N) is 1. The second kappa shape index (κ2) is 5.25. The molecule has 5 heteroatoms. The first-order valence-corrected chi connectivity index (χ1v) is 6.75. The van der Waals surface area contributed by atoms with Crippen molar-refractivity contribution in [1.29, 1.82) is 0 Å². The van der Waals surface area contributed by atoms with E-state index in [1.54, 1.807) is 13.0 Å². The molecule has 2 rings (SSSR count). The average Bonchev–Trinajstić information content (AvgIpc) is 2.30. The predicted octanol–water partition coefficient (Wildman–Crippen LogP) is 3.77. The molecule has 1 aromatic carbocycles. The van der Waals surface area contributed by atoms with Gasteiger partial charge in [0.05, 0.1) is 5.69 Å². The number of hydrogen-bond donors (Lipinski definition) is 1. The Bertz CT molecular complexity index is 659. The first kappa shape index (κ1) is 13.9. The Morgan fingerprint density at radius 1 is 1.32 bits per heavy atom. The molecule has 0 atom stereocenters. The highest BCUT2D eigenvalue weighted by atomic mass is 79.9. The molecule has 0 fully saturated rings. The summed E-state index contributed by atoms with van der Waals surface area (Å²) in [7, 11) is 0. The molecule has 0 aliphatic carbocycles. The Morgan fingerprint density at radius 2 is 2.00 bits per heavy atom. The molecule has 3 nitrogen and oxygen atoms in total. The number of aromatic amines is 1. The molecule has 0 saturated carbocycles. The molecule has 1 heterocycles. The van der Waals surface area contributed by atoms with E-state index in [1.807, 2.05) is 13.8 Å². The van der Waals surface area contributed by atoms with Gasteiger partial charge >= 0.3 is 0 Å². The molecule has 100 valence electrons. The third-order valence-electron chi connectivity index (χ3n) is 2.75. The molecule has 0 aliphatic heterocycles. The molecule has 0 aliphatic rings.